The molecule has 4 rings (SSSR count). The second-order valence-electron chi connectivity index (χ2n) is 7.74. The molecule has 1 N–H and O–H groups in total. The molecule has 1 heterocycles. The van der Waals surface area contributed by atoms with Crippen molar-refractivity contribution in [1.29, 1.82) is 0 Å². The van der Waals surface area contributed by atoms with Crippen LogP contribution in [0.5, 0.6) is 11.5 Å². The Morgan fingerprint density at radius 3 is 2.44 bits per heavy atom. The summed E-state index contributed by atoms with van der Waals surface area (Å²) in [5.74, 6) is 1.22. The highest BCUT2D eigenvalue weighted by atomic mass is 16.5. The van der Waals surface area contributed by atoms with Crippen molar-refractivity contribution in [1.82, 2.24) is 10.3 Å². The van der Waals surface area contributed by atoms with E-state index in [9.17, 15) is 4.79 Å². The van der Waals surface area contributed by atoms with Gasteiger partial charge in [0.15, 0.2) is 0 Å². The van der Waals surface area contributed by atoms with Crippen molar-refractivity contribution in [2.24, 2.45) is 0 Å². The van der Waals surface area contributed by atoms with Gasteiger partial charge in [-0.3, -0.25) is 9.78 Å². The van der Waals surface area contributed by atoms with Crippen LogP contribution in [0, 0.1) is 13.8 Å². The molecule has 0 aliphatic heterocycles. The first kappa shape index (κ1) is 21.4. The van der Waals surface area contributed by atoms with Gasteiger partial charge in [0.1, 0.15) is 11.5 Å². The first-order chi connectivity index (χ1) is 15.5. The van der Waals surface area contributed by atoms with Gasteiger partial charge in [-0.25, -0.2) is 0 Å². The second-order valence-corrected chi connectivity index (χ2v) is 7.74. The predicted octanol–water partition coefficient (Wildman–Crippen LogP) is 5.47. The molecule has 1 amide bonds. The molecule has 0 radical (unpaired) electrons. The van der Waals surface area contributed by atoms with Crippen LogP contribution in [0.1, 0.15) is 27.2 Å². The number of hydrogen-bond acceptors (Lipinski definition) is 4. The number of amides is 1. The van der Waals surface area contributed by atoms with Gasteiger partial charge >= 0.3 is 0 Å². The van der Waals surface area contributed by atoms with Gasteiger partial charge in [-0.05, 0) is 37.6 Å². The maximum atomic E-state index is 13.2. The molecule has 0 fully saturated rings. The van der Waals surface area contributed by atoms with Crippen LogP contribution in [0.2, 0.25) is 0 Å². The Kier molecular flexibility index (Phi) is 6.08. The van der Waals surface area contributed by atoms with Crippen molar-refractivity contribution in [3.05, 3.63) is 89.1 Å². The minimum Gasteiger partial charge on any atom is -0.497 e. The summed E-state index contributed by atoms with van der Waals surface area (Å²) in [6, 6.07) is 21.7. The lowest BCUT2D eigenvalue weighted by atomic mass is 9.98. The van der Waals surface area contributed by atoms with E-state index in [2.05, 4.69) is 36.5 Å². The lowest BCUT2D eigenvalue weighted by Gasteiger charge is -2.14. The number of hydrogen-bond donors (Lipinski definition) is 1. The Morgan fingerprint density at radius 1 is 0.938 bits per heavy atom. The van der Waals surface area contributed by atoms with E-state index in [-0.39, 0.29) is 5.91 Å². The van der Waals surface area contributed by atoms with Crippen molar-refractivity contribution in [2.45, 2.75) is 20.4 Å². The average molecular weight is 427 g/mol. The van der Waals surface area contributed by atoms with Crippen molar-refractivity contribution >= 4 is 16.8 Å². The number of rotatable bonds is 6. The van der Waals surface area contributed by atoms with Gasteiger partial charge in [0, 0.05) is 34.8 Å². The number of nitrogens with one attached hydrogen (secondary N) is 1. The highest BCUT2D eigenvalue weighted by molar-refractivity contribution is 6.09. The van der Waals surface area contributed by atoms with Crippen molar-refractivity contribution in [3.8, 4) is 22.6 Å². The molecule has 162 valence electrons. The predicted molar refractivity (Wildman–Crippen MR) is 127 cm³/mol. The van der Waals surface area contributed by atoms with Gasteiger partial charge in [-0.1, -0.05) is 48.0 Å². The highest BCUT2D eigenvalue weighted by Gasteiger charge is 2.16. The zero-order chi connectivity index (χ0) is 22.7. The molecule has 0 saturated heterocycles. The van der Waals surface area contributed by atoms with E-state index in [0.29, 0.717) is 23.6 Å². The van der Waals surface area contributed by atoms with E-state index in [1.165, 1.54) is 5.56 Å². The first-order valence-corrected chi connectivity index (χ1v) is 10.5. The first-order valence-electron chi connectivity index (χ1n) is 10.5. The highest BCUT2D eigenvalue weighted by Crippen LogP contribution is 2.30. The number of fused-ring (bicyclic) bond motifs is 1. The molecule has 0 spiro atoms. The van der Waals surface area contributed by atoms with Crippen LogP contribution >= 0.6 is 0 Å². The van der Waals surface area contributed by atoms with Crippen molar-refractivity contribution in [2.75, 3.05) is 14.2 Å². The van der Waals surface area contributed by atoms with Gasteiger partial charge in [0.2, 0.25) is 0 Å². The number of aromatic nitrogens is 1. The van der Waals surface area contributed by atoms with E-state index >= 15 is 0 Å². The molecule has 0 unspecified atom stereocenters. The Labute approximate surface area is 188 Å². The maximum Gasteiger partial charge on any atom is 0.252 e. The van der Waals surface area contributed by atoms with Gasteiger partial charge in [0.25, 0.3) is 5.91 Å². The molecule has 5 nitrogen and oxygen atoms in total. The van der Waals surface area contributed by atoms with Crippen LogP contribution in [-0.2, 0) is 6.54 Å². The van der Waals surface area contributed by atoms with Gasteiger partial charge in [-0.2, -0.15) is 0 Å². The van der Waals surface area contributed by atoms with Crippen LogP contribution in [0.25, 0.3) is 22.0 Å². The summed E-state index contributed by atoms with van der Waals surface area (Å²) in [6.45, 7) is 4.32. The molecule has 32 heavy (non-hydrogen) atoms. The van der Waals surface area contributed by atoms with Crippen LogP contribution in [0.4, 0.5) is 0 Å². The Balaban J connectivity index is 1.68. The molecule has 0 saturated carbocycles. The average Bonchev–Trinajstić information content (AvgIpc) is 2.82. The third-order valence-corrected chi connectivity index (χ3v) is 5.51. The number of methoxy groups -OCH3 is 2. The van der Waals surface area contributed by atoms with Crippen LogP contribution in [0.15, 0.2) is 66.7 Å². The third-order valence-electron chi connectivity index (χ3n) is 5.51. The zero-order valence-corrected chi connectivity index (χ0v) is 18.7. The minimum absolute atomic E-state index is 0.153. The standard InChI is InChI=1S/C27H26N2O3/c1-17-8-10-19(11-9-17)22-6-5-7-23-24(14-18(2)29-26(22)23)27(30)28-16-20-12-13-21(31-3)15-25(20)32-4/h5-15H,16H2,1-4H3,(H,28,30). The van der Waals surface area contributed by atoms with Crippen molar-refractivity contribution < 1.29 is 14.3 Å². The molecule has 4 aromatic rings. The fraction of sp³-hybridized carbons (Fsp3) is 0.185. The van der Waals surface area contributed by atoms with Crippen molar-refractivity contribution in [3.63, 3.8) is 0 Å². The molecule has 0 atom stereocenters. The summed E-state index contributed by atoms with van der Waals surface area (Å²) in [7, 11) is 3.21. The molecule has 0 aliphatic rings. The van der Waals surface area contributed by atoms with Gasteiger partial charge in [-0.15, -0.1) is 0 Å². The van der Waals surface area contributed by atoms with Crippen LogP contribution in [-0.4, -0.2) is 25.1 Å². The zero-order valence-electron chi connectivity index (χ0n) is 18.7. The van der Waals surface area contributed by atoms with E-state index in [0.717, 1.165) is 33.3 Å². The van der Waals surface area contributed by atoms with E-state index < -0.39 is 0 Å². The minimum atomic E-state index is -0.153. The molecule has 3 aromatic carbocycles. The summed E-state index contributed by atoms with van der Waals surface area (Å²) in [4.78, 5) is 18.0. The SMILES string of the molecule is COc1ccc(CNC(=O)c2cc(C)nc3c(-c4ccc(C)cc4)cccc23)c(OC)c1. The number of benzene rings is 3. The molecule has 5 heteroatoms. The lowest BCUT2D eigenvalue weighted by molar-refractivity contribution is 0.0952. The number of nitrogens with zero attached hydrogens (tertiary/aromatic N) is 1. The number of ether oxygens (including phenoxy) is 2. The van der Waals surface area contributed by atoms with E-state index in [4.69, 9.17) is 14.5 Å². The summed E-state index contributed by atoms with van der Waals surface area (Å²) in [5.41, 5.74) is 6.39. The monoisotopic (exact) mass is 426 g/mol. The van der Waals surface area contributed by atoms with Gasteiger partial charge < -0.3 is 14.8 Å². The molecule has 0 aliphatic carbocycles. The normalized spacial score (nSPS) is 10.8. The molecule has 1 aromatic heterocycles. The smallest absolute Gasteiger partial charge is 0.252 e. The summed E-state index contributed by atoms with van der Waals surface area (Å²) < 4.78 is 10.7. The summed E-state index contributed by atoms with van der Waals surface area (Å²) in [6.07, 6.45) is 0. The number of para-hydroxylation sites is 1. The number of aryl methyl sites for hydroxylation is 2. The Bertz CT molecular complexity index is 1280. The molecule has 0 bridgehead atoms. The lowest BCUT2D eigenvalue weighted by Crippen LogP contribution is -2.23. The third kappa shape index (κ3) is 4.28. The van der Waals surface area contributed by atoms with E-state index in [1.807, 2.05) is 43.3 Å². The fourth-order valence-electron chi connectivity index (χ4n) is 3.80. The largest absolute Gasteiger partial charge is 0.497 e. The second kappa shape index (κ2) is 9.10. The topological polar surface area (TPSA) is 60.5 Å². The van der Waals surface area contributed by atoms with Crippen LogP contribution in [0.3, 0.4) is 0 Å². The van der Waals surface area contributed by atoms with Crippen LogP contribution < -0.4 is 14.8 Å². The summed E-state index contributed by atoms with van der Waals surface area (Å²) >= 11 is 0. The fourth-order valence-corrected chi connectivity index (χ4v) is 3.80. The quantitative estimate of drug-likeness (QED) is 0.444. The number of carbonyl (C=O) groups is 1. The van der Waals surface area contributed by atoms with E-state index in [1.54, 1.807) is 20.3 Å². The number of carbonyl (C=O) groups excluding carboxylic acids is 1. The summed E-state index contributed by atoms with van der Waals surface area (Å²) in [5, 5.41) is 3.85. The Hall–Kier alpha value is -3.86. The number of pyridine rings is 1. The molecular formula is C27H26N2O3. The Morgan fingerprint density at radius 2 is 1.72 bits per heavy atom. The maximum absolute atomic E-state index is 13.2. The van der Waals surface area contributed by atoms with Gasteiger partial charge in [0.05, 0.1) is 25.3 Å². The molecular weight excluding hydrogens is 400 g/mol.